The Labute approximate surface area is 169 Å². The van der Waals surface area contributed by atoms with E-state index in [-0.39, 0.29) is 19.2 Å². The maximum Gasteiger partial charge on any atom is 0.341 e. The molecule has 2 aromatic heterocycles. The van der Waals surface area contributed by atoms with E-state index in [1.165, 1.54) is 0 Å². The van der Waals surface area contributed by atoms with E-state index >= 15 is 4.39 Å². The first-order valence-electron chi connectivity index (χ1n) is 8.64. The number of aromatic nitrogens is 2. The van der Waals surface area contributed by atoms with Crippen LogP contribution in [-0.2, 0) is 0 Å². The second-order valence-electron chi connectivity index (χ2n) is 6.89. The van der Waals surface area contributed by atoms with Crippen molar-refractivity contribution in [3.05, 3.63) is 57.1 Å². The minimum atomic E-state index is -1.88. The second kappa shape index (κ2) is 6.91. The van der Waals surface area contributed by atoms with Crippen LogP contribution in [0.1, 0.15) is 10.4 Å². The van der Waals surface area contributed by atoms with Gasteiger partial charge in [0.1, 0.15) is 11.3 Å². The first kappa shape index (κ1) is 20.5. The number of aromatic carboxylic acids is 1. The summed E-state index contributed by atoms with van der Waals surface area (Å²) >= 11 is 0. The highest BCUT2D eigenvalue weighted by molar-refractivity contribution is 5.95. The molecule has 13 heteroatoms. The topological polar surface area (TPSA) is 127 Å². The van der Waals surface area contributed by atoms with Crippen molar-refractivity contribution < 1.29 is 31.9 Å². The summed E-state index contributed by atoms with van der Waals surface area (Å²) in [4.78, 5) is 28.4. The standard InChI is InChI=1S/C18H12F5N5O3/c19-7-1-8(20)17(26-16(7)25)28-4-6(18(30)31)15(29)9-10(21)11(22)14(12(23)13(9)28)27-2-5(24)3-27/h1,4-5H,2-3,24H2,(H2,25,26)(H,30,31). The summed E-state index contributed by atoms with van der Waals surface area (Å²) in [7, 11) is 0. The second-order valence-corrected chi connectivity index (χ2v) is 6.89. The number of halogens is 5. The predicted octanol–water partition coefficient (Wildman–Crippen LogP) is 1.51. The van der Waals surface area contributed by atoms with Gasteiger partial charge in [-0.2, -0.15) is 0 Å². The Balaban J connectivity index is 2.20. The van der Waals surface area contributed by atoms with Crippen molar-refractivity contribution in [2.24, 2.45) is 5.73 Å². The molecule has 1 saturated heterocycles. The van der Waals surface area contributed by atoms with Crippen molar-refractivity contribution in [3.63, 3.8) is 0 Å². The SMILES string of the molecule is Nc1nc(-n2cc(C(=O)O)c(=O)c3c(F)c(F)c(N4CC(N)C4)c(F)c32)c(F)cc1F. The van der Waals surface area contributed by atoms with Crippen LogP contribution in [-0.4, -0.2) is 39.8 Å². The zero-order chi connectivity index (χ0) is 22.8. The minimum Gasteiger partial charge on any atom is -0.477 e. The zero-order valence-electron chi connectivity index (χ0n) is 15.3. The lowest BCUT2D eigenvalue weighted by Crippen LogP contribution is -2.56. The summed E-state index contributed by atoms with van der Waals surface area (Å²) in [6.07, 6.45) is 0.474. The Morgan fingerprint density at radius 3 is 2.32 bits per heavy atom. The van der Waals surface area contributed by atoms with Gasteiger partial charge < -0.3 is 21.5 Å². The number of anilines is 2. The average Bonchev–Trinajstić information content (AvgIpc) is 2.67. The lowest BCUT2D eigenvalue weighted by atomic mass is 10.0. The molecule has 1 fully saturated rings. The van der Waals surface area contributed by atoms with E-state index in [0.717, 1.165) is 4.90 Å². The number of carbonyl (C=O) groups is 1. The molecule has 3 aromatic rings. The van der Waals surface area contributed by atoms with Gasteiger partial charge >= 0.3 is 5.97 Å². The Kier molecular flexibility index (Phi) is 4.57. The van der Waals surface area contributed by atoms with Crippen LogP contribution in [0.25, 0.3) is 16.7 Å². The van der Waals surface area contributed by atoms with Gasteiger partial charge in [-0.05, 0) is 0 Å². The number of rotatable bonds is 3. The van der Waals surface area contributed by atoms with Crippen LogP contribution in [0.3, 0.4) is 0 Å². The lowest BCUT2D eigenvalue weighted by Gasteiger charge is -2.39. The first-order valence-corrected chi connectivity index (χ1v) is 8.64. The number of hydrogen-bond donors (Lipinski definition) is 3. The summed E-state index contributed by atoms with van der Waals surface area (Å²) < 4.78 is 73.4. The van der Waals surface area contributed by atoms with E-state index in [1.807, 2.05) is 0 Å². The van der Waals surface area contributed by atoms with Crippen molar-refractivity contribution in [1.29, 1.82) is 0 Å². The number of nitrogens with zero attached hydrogens (tertiary/aromatic N) is 3. The Morgan fingerprint density at radius 2 is 1.74 bits per heavy atom. The molecule has 0 unspecified atom stereocenters. The van der Waals surface area contributed by atoms with Gasteiger partial charge in [-0.15, -0.1) is 0 Å². The summed E-state index contributed by atoms with van der Waals surface area (Å²) in [5.74, 6) is -11.4. The monoisotopic (exact) mass is 441 g/mol. The highest BCUT2D eigenvalue weighted by Crippen LogP contribution is 2.35. The van der Waals surface area contributed by atoms with E-state index < -0.39 is 80.3 Å². The molecule has 1 aliphatic heterocycles. The minimum absolute atomic E-state index is 0.0354. The maximum atomic E-state index is 15.4. The van der Waals surface area contributed by atoms with Crippen molar-refractivity contribution in [2.75, 3.05) is 23.7 Å². The summed E-state index contributed by atoms with van der Waals surface area (Å²) in [6, 6.07) is -0.153. The van der Waals surface area contributed by atoms with Crippen LogP contribution in [0.4, 0.5) is 33.5 Å². The van der Waals surface area contributed by atoms with Crippen LogP contribution < -0.4 is 21.8 Å². The largest absolute Gasteiger partial charge is 0.477 e. The molecule has 0 saturated carbocycles. The molecule has 0 aliphatic carbocycles. The first-order chi connectivity index (χ1) is 14.5. The van der Waals surface area contributed by atoms with Gasteiger partial charge in [0.25, 0.3) is 0 Å². The molecule has 162 valence electrons. The van der Waals surface area contributed by atoms with Gasteiger partial charge in [-0.1, -0.05) is 0 Å². The molecular formula is C18H12F5N5O3. The molecule has 1 aromatic carbocycles. The average molecular weight is 441 g/mol. The number of nitrogen functional groups attached to an aromatic ring is 1. The fraction of sp³-hybridized carbons (Fsp3) is 0.167. The molecule has 4 rings (SSSR count). The molecule has 0 bridgehead atoms. The van der Waals surface area contributed by atoms with E-state index in [1.54, 1.807) is 0 Å². The van der Waals surface area contributed by atoms with E-state index in [9.17, 15) is 32.3 Å². The smallest absolute Gasteiger partial charge is 0.341 e. The van der Waals surface area contributed by atoms with Gasteiger partial charge in [0, 0.05) is 31.4 Å². The number of nitrogens with two attached hydrogens (primary N) is 2. The molecule has 0 radical (unpaired) electrons. The van der Waals surface area contributed by atoms with Crippen LogP contribution >= 0.6 is 0 Å². The third-order valence-electron chi connectivity index (χ3n) is 4.87. The number of carboxylic acid groups (broad SMARTS) is 1. The molecule has 1 aliphatic rings. The molecule has 0 amide bonds. The zero-order valence-corrected chi connectivity index (χ0v) is 15.3. The highest BCUT2D eigenvalue weighted by Gasteiger charge is 2.34. The summed E-state index contributed by atoms with van der Waals surface area (Å²) in [5.41, 5.74) is 6.37. The van der Waals surface area contributed by atoms with Gasteiger partial charge in [0.2, 0.25) is 5.43 Å². The molecule has 0 spiro atoms. The number of carboxylic acids is 1. The fourth-order valence-corrected chi connectivity index (χ4v) is 3.39. The van der Waals surface area contributed by atoms with Gasteiger partial charge in [-0.25, -0.2) is 31.7 Å². The number of pyridine rings is 2. The highest BCUT2D eigenvalue weighted by atomic mass is 19.2. The predicted molar refractivity (Wildman–Crippen MR) is 98.7 cm³/mol. The van der Waals surface area contributed by atoms with Crippen molar-refractivity contribution in [1.82, 2.24) is 9.55 Å². The molecule has 8 nitrogen and oxygen atoms in total. The Morgan fingerprint density at radius 1 is 1.10 bits per heavy atom. The lowest BCUT2D eigenvalue weighted by molar-refractivity contribution is 0.0695. The number of fused-ring (bicyclic) bond motifs is 1. The van der Waals surface area contributed by atoms with Crippen molar-refractivity contribution in [3.8, 4) is 5.82 Å². The number of benzene rings is 1. The van der Waals surface area contributed by atoms with Crippen LogP contribution in [0.15, 0.2) is 17.1 Å². The number of hydrogen-bond acceptors (Lipinski definition) is 6. The maximum absolute atomic E-state index is 15.4. The molecule has 3 heterocycles. The van der Waals surface area contributed by atoms with Gasteiger partial charge in [0.05, 0.1) is 10.9 Å². The van der Waals surface area contributed by atoms with Crippen molar-refractivity contribution in [2.45, 2.75) is 6.04 Å². The van der Waals surface area contributed by atoms with Crippen LogP contribution in [0, 0.1) is 29.1 Å². The van der Waals surface area contributed by atoms with Crippen molar-refractivity contribution >= 4 is 28.4 Å². The fourth-order valence-electron chi connectivity index (χ4n) is 3.39. The summed E-state index contributed by atoms with van der Waals surface area (Å²) in [5, 5.41) is 7.98. The van der Waals surface area contributed by atoms with Crippen LogP contribution in [0.2, 0.25) is 0 Å². The summed E-state index contributed by atoms with van der Waals surface area (Å²) in [6.45, 7) is -0.0708. The normalized spacial score (nSPS) is 14.2. The molecule has 5 N–H and O–H groups in total. The van der Waals surface area contributed by atoms with E-state index in [2.05, 4.69) is 4.98 Å². The van der Waals surface area contributed by atoms with Gasteiger partial charge in [0.15, 0.2) is 40.7 Å². The Hall–Kier alpha value is -3.74. The molecule has 0 atom stereocenters. The third-order valence-corrected chi connectivity index (χ3v) is 4.87. The Bertz CT molecular complexity index is 1340. The quantitative estimate of drug-likeness (QED) is 0.415. The third kappa shape index (κ3) is 2.96. The van der Waals surface area contributed by atoms with E-state index in [4.69, 9.17) is 11.5 Å². The molecule has 31 heavy (non-hydrogen) atoms. The van der Waals surface area contributed by atoms with Crippen LogP contribution in [0.5, 0.6) is 0 Å². The van der Waals surface area contributed by atoms with Gasteiger partial charge in [-0.3, -0.25) is 9.36 Å². The molecular weight excluding hydrogens is 429 g/mol. The van der Waals surface area contributed by atoms with E-state index in [0.29, 0.717) is 10.8 Å².